The van der Waals surface area contributed by atoms with Crippen LogP contribution in [0.2, 0.25) is 0 Å². The molecule has 0 spiro atoms. The number of carbonyl (C=O) groups excluding carboxylic acids is 2. The minimum atomic E-state index is -0.445. The van der Waals surface area contributed by atoms with E-state index in [0.717, 1.165) is 24.7 Å². The van der Waals surface area contributed by atoms with Crippen LogP contribution in [0.1, 0.15) is 45.3 Å². The third-order valence-electron chi connectivity index (χ3n) is 3.31. The number of nitrogens with two attached hydrogens (primary N) is 1. The van der Waals surface area contributed by atoms with Crippen molar-refractivity contribution in [3.63, 3.8) is 0 Å². The molecule has 1 aromatic heterocycles. The molecule has 0 unspecified atom stereocenters. The molecule has 0 aliphatic heterocycles. The lowest BCUT2D eigenvalue weighted by Crippen LogP contribution is -2.13. The van der Waals surface area contributed by atoms with Crippen LogP contribution in [0.25, 0.3) is 0 Å². The SMILES string of the molecule is CCCc1cc(Oc2ccc(C=O)c(C)n2)ccc1C(N)=O. The van der Waals surface area contributed by atoms with Crippen LogP contribution in [0, 0.1) is 6.92 Å². The molecule has 22 heavy (non-hydrogen) atoms. The van der Waals surface area contributed by atoms with E-state index in [-0.39, 0.29) is 0 Å². The maximum atomic E-state index is 11.4. The van der Waals surface area contributed by atoms with Crippen molar-refractivity contribution >= 4 is 12.2 Å². The first kappa shape index (κ1) is 15.7. The third kappa shape index (κ3) is 3.49. The van der Waals surface area contributed by atoms with Crippen molar-refractivity contribution in [2.75, 3.05) is 0 Å². The van der Waals surface area contributed by atoms with E-state index in [0.29, 0.717) is 28.5 Å². The molecule has 0 bridgehead atoms. The van der Waals surface area contributed by atoms with E-state index in [2.05, 4.69) is 4.98 Å². The Balaban J connectivity index is 2.29. The molecule has 5 heteroatoms. The van der Waals surface area contributed by atoms with E-state index in [1.807, 2.05) is 6.92 Å². The van der Waals surface area contributed by atoms with Crippen molar-refractivity contribution in [2.24, 2.45) is 5.73 Å². The van der Waals surface area contributed by atoms with Crippen molar-refractivity contribution in [1.82, 2.24) is 4.98 Å². The molecule has 0 fully saturated rings. The van der Waals surface area contributed by atoms with Crippen LogP contribution in [-0.2, 0) is 6.42 Å². The minimum Gasteiger partial charge on any atom is -0.439 e. The van der Waals surface area contributed by atoms with Gasteiger partial charge in [-0.05, 0) is 43.2 Å². The van der Waals surface area contributed by atoms with Crippen molar-refractivity contribution in [2.45, 2.75) is 26.7 Å². The highest BCUT2D eigenvalue weighted by Gasteiger charge is 2.10. The molecule has 2 N–H and O–H groups in total. The van der Waals surface area contributed by atoms with Gasteiger partial charge in [0.1, 0.15) is 5.75 Å². The highest BCUT2D eigenvalue weighted by Crippen LogP contribution is 2.24. The summed E-state index contributed by atoms with van der Waals surface area (Å²) in [5.41, 5.74) is 7.88. The smallest absolute Gasteiger partial charge is 0.248 e. The van der Waals surface area contributed by atoms with Gasteiger partial charge in [0.25, 0.3) is 0 Å². The van der Waals surface area contributed by atoms with Gasteiger partial charge in [0, 0.05) is 17.2 Å². The molecule has 1 amide bonds. The molecule has 0 radical (unpaired) electrons. The molecule has 0 aliphatic rings. The Bertz CT molecular complexity index is 711. The van der Waals surface area contributed by atoms with Crippen molar-refractivity contribution in [1.29, 1.82) is 0 Å². The molecule has 0 atom stereocenters. The van der Waals surface area contributed by atoms with Gasteiger partial charge in [-0.1, -0.05) is 13.3 Å². The van der Waals surface area contributed by atoms with Crippen LogP contribution in [0.15, 0.2) is 30.3 Å². The van der Waals surface area contributed by atoms with E-state index in [1.54, 1.807) is 37.3 Å². The molecule has 0 saturated carbocycles. The van der Waals surface area contributed by atoms with Crippen LogP contribution < -0.4 is 10.5 Å². The number of pyridine rings is 1. The van der Waals surface area contributed by atoms with Gasteiger partial charge in [0.2, 0.25) is 11.8 Å². The first-order valence-electron chi connectivity index (χ1n) is 7.08. The second kappa shape index (κ2) is 6.85. The maximum Gasteiger partial charge on any atom is 0.248 e. The number of benzene rings is 1. The molecule has 1 aromatic carbocycles. The van der Waals surface area contributed by atoms with Gasteiger partial charge < -0.3 is 10.5 Å². The van der Waals surface area contributed by atoms with Crippen LogP contribution >= 0.6 is 0 Å². The van der Waals surface area contributed by atoms with Gasteiger partial charge in [-0.2, -0.15) is 0 Å². The number of hydrogen-bond donors (Lipinski definition) is 1. The molecule has 1 heterocycles. The van der Waals surface area contributed by atoms with E-state index in [9.17, 15) is 9.59 Å². The molecule has 2 rings (SSSR count). The molecular formula is C17H18N2O3. The Morgan fingerprint density at radius 1 is 1.32 bits per heavy atom. The van der Waals surface area contributed by atoms with Crippen LogP contribution in [-0.4, -0.2) is 17.2 Å². The van der Waals surface area contributed by atoms with Crippen LogP contribution in [0.3, 0.4) is 0 Å². The summed E-state index contributed by atoms with van der Waals surface area (Å²) in [6.07, 6.45) is 2.40. The van der Waals surface area contributed by atoms with Gasteiger partial charge in [0.15, 0.2) is 6.29 Å². The lowest BCUT2D eigenvalue weighted by Gasteiger charge is -2.10. The second-order valence-corrected chi connectivity index (χ2v) is 4.98. The number of rotatable bonds is 6. The lowest BCUT2D eigenvalue weighted by atomic mass is 10.0. The summed E-state index contributed by atoms with van der Waals surface area (Å²) in [7, 11) is 0. The molecule has 2 aromatic rings. The second-order valence-electron chi connectivity index (χ2n) is 4.98. The zero-order valence-corrected chi connectivity index (χ0v) is 12.6. The first-order valence-corrected chi connectivity index (χ1v) is 7.08. The number of carbonyl (C=O) groups is 2. The Morgan fingerprint density at radius 3 is 2.68 bits per heavy atom. The predicted octanol–water partition coefficient (Wildman–Crippen LogP) is 3.05. The highest BCUT2D eigenvalue weighted by atomic mass is 16.5. The summed E-state index contributed by atoms with van der Waals surface area (Å²) in [5, 5.41) is 0. The van der Waals surface area contributed by atoms with Gasteiger partial charge in [-0.3, -0.25) is 9.59 Å². The van der Waals surface area contributed by atoms with Gasteiger partial charge in [-0.25, -0.2) is 4.98 Å². The van der Waals surface area contributed by atoms with Gasteiger partial charge >= 0.3 is 0 Å². The molecule has 5 nitrogen and oxygen atoms in total. The number of aldehydes is 1. The topological polar surface area (TPSA) is 82.3 Å². The fraction of sp³-hybridized carbons (Fsp3) is 0.235. The monoisotopic (exact) mass is 298 g/mol. The highest BCUT2D eigenvalue weighted by molar-refractivity contribution is 5.94. The predicted molar refractivity (Wildman–Crippen MR) is 83.4 cm³/mol. The standard InChI is InChI=1S/C17H18N2O3/c1-3-4-12-9-14(6-7-15(12)17(18)21)22-16-8-5-13(10-20)11(2)19-16/h5-10H,3-4H2,1-2H3,(H2,18,21). The van der Waals surface area contributed by atoms with Crippen LogP contribution in [0.4, 0.5) is 0 Å². The van der Waals surface area contributed by atoms with E-state index in [4.69, 9.17) is 10.5 Å². The van der Waals surface area contributed by atoms with Crippen molar-refractivity contribution in [3.05, 3.63) is 52.7 Å². The molecule has 0 saturated heterocycles. The molecule has 114 valence electrons. The van der Waals surface area contributed by atoms with E-state index in [1.165, 1.54) is 0 Å². The number of nitrogens with zero attached hydrogens (tertiary/aromatic N) is 1. The Kier molecular flexibility index (Phi) is 4.88. The third-order valence-corrected chi connectivity index (χ3v) is 3.31. The fourth-order valence-electron chi connectivity index (χ4n) is 2.20. The van der Waals surface area contributed by atoms with Crippen LogP contribution in [0.5, 0.6) is 11.6 Å². The van der Waals surface area contributed by atoms with E-state index >= 15 is 0 Å². The zero-order chi connectivity index (χ0) is 16.1. The quantitative estimate of drug-likeness (QED) is 0.831. The summed E-state index contributed by atoms with van der Waals surface area (Å²) in [4.78, 5) is 26.4. The number of aryl methyl sites for hydroxylation is 2. The Morgan fingerprint density at radius 2 is 2.09 bits per heavy atom. The Labute approximate surface area is 129 Å². The summed E-state index contributed by atoms with van der Waals surface area (Å²) < 4.78 is 5.70. The Hall–Kier alpha value is -2.69. The summed E-state index contributed by atoms with van der Waals surface area (Å²) in [6, 6.07) is 8.45. The summed E-state index contributed by atoms with van der Waals surface area (Å²) in [6.45, 7) is 3.77. The number of hydrogen-bond acceptors (Lipinski definition) is 4. The summed E-state index contributed by atoms with van der Waals surface area (Å²) in [5.74, 6) is 0.538. The van der Waals surface area contributed by atoms with Gasteiger partial charge in [0.05, 0.1) is 5.69 Å². The largest absolute Gasteiger partial charge is 0.439 e. The lowest BCUT2D eigenvalue weighted by molar-refractivity contribution is 0.0999. The van der Waals surface area contributed by atoms with Gasteiger partial charge in [-0.15, -0.1) is 0 Å². The first-order chi connectivity index (χ1) is 10.5. The fourth-order valence-corrected chi connectivity index (χ4v) is 2.20. The summed E-state index contributed by atoms with van der Waals surface area (Å²) >= 11 is 0. The number of amides is 1. The van der Waals surface area contributed by atoms with E-state index < -0.39 is 5.91 Å². The maximum absolute atomic E-state index is 11.4. The number of primary amides is 1. The number of aromatic nitrogens is 1. The zero-order valence-electron chi connectivity index (χ0n) is 12.6. The normalized spacial score (nSPS) is 10.3. The average Bonchev–Trinajstić information content (AvgIpc) is 2.48. The minimum absolute atomic E-state index is 0.400. The molecular weight excluding hydrogens is 280 g/mol. The molecule has 0 aliphatic carbocycles. The average molecular weight is 298 g/mol. The number of ether oxygens (including phenoxy) is 1. The van der Waals surface area contributed by atoms with Crippen molar-refractivity contribution in [3.8, 4) is 11.6 Å². The van der Waals surface area contributed by atoms with Crippen molar-refractivity contribution < 1.29 is 14.3 Å².